The Morgan fingerprint density at radius 1 is 1.15 bits per heavy atom. The number of sulfonamides is 2. The van der Waals surface area contributed by atoms with Gasteiger partial charge in [-0.15, -0.1) is 11.3 Å². The van der Waals surface area contributed by atoms with Gasteiger partial charge in [0.25, 0.3) is 15.9 Å². The molecule has 0 radical (unpaired) electrons. The molecule has 0 saturated carbocycles. The van der Waals surface area contributed by atoms with Crippen molar-refractivity contribution in [2.24, 2.45) is 5.92 Å². The zero-order valence-electron chi connectivity index (χ0n) is 22.0. The number of ether oxygens (including phenoxy) is 1. The van der Waals surface area contributed by atoms with Gasteiger partial charge in [0.05, 0.1) is 35.3 Å². The Balaban J connectivity index is 1.75. The normalized spacial score (nSPS) is 18.9. The van der Waals surface area contributed by atoms with Crippen molar-refractivity contribution in [3.63, 3.8) is 0 Å². The molecule has 3 atom stereocenters. The van der Waals surface area contributed by atoms with E-state index in [9.17, 15) is 26.7 Å². The lowest BCUT2D eigenvalue weighted by Crippen LogP contribution is -2.50. The number of carbonyl (C=O) groups is 1. The Kier molecular flexibility index (Phi) is 9.12. The maximum absolute atomic E-state index is 13.6. The minimum absolute atomic E-state index is 0.0170. The van der Waals surface area contributed by atoms with Gasteiger partial charge in [0.15, 0.2) is 5.75 Å². The number of nitrogens with one attached hydrogen (secondary N) is 1. The highest BCUT2D eigenvalue weighted by atomic mass is 35.5. The molecular weight excluding hydrogens is 598 g/mol. The predicted octanol–water partition coefficient (Wildman–Crippen LogP) is 3.74. The molecule has 216 valence electrons. The number of aliphatic hydroxyl groups is 1. The standard InChI is InChI=1S/C26H30ClN3O7S3/c1-17-14-30(18(2)16-31)26(32)21-6-4-7-22(28-39(33,34)24-8-5-13-38-24)25(21)37-23(17)15-29(3)40(35,36)20-11-9-19(27)10-12-20/h4-13,17-18,23,28,31H,14-16H2,1-3H3/t17-,18+,23+/m0/s1. The van der Waals surface area contributed by atoms with Gasteiger partial charge < -0.3 is 14.7 Å². The summed E-state index contributed by atoms with van der Waals surface area (Å²) < 4.78 is 62.8. The highest BCUT2D eigenvalue weighted by Crippen LogP contribution is 2.36. The van der Waals surface area contributed by atoms with Crippen LogP contribution in [0.2, 0.25) is 5.02 Å². The van der Waals surface area contributed by atoms with Crippen LogP contribution in [-0.2, 0) is 20.0 Å². The van der Waals surface area contributed by atoms with Crippen LogP contribution in [0.15, 0.2) is 69.1 Å². The molecular formula is C26H30ClN3O7S3. The summed E-state index contributed by atoms with van der Waals surface area (Å²) >= 11 is 6.96. The van der Waals surface area contributed by atoms with E-state index in [1.807, 2.05) is 0 Å². The first-order chi connectivity index (χ1) is 18.8. The third-order valence-corrected chi connectivity index (χ3v) is 11.5. The largest absolute Gasteiger partial charge is 0.486 e. The molecule has 0 aliphatic carbocycles. The number of carbonyl (C=O) groups excluding carboxylic acids is 1. The lowest BCUT2D eigenvalue weighted by molar-refractivity contribution is 0.0389. The van der Waals surface area contributed by atoms with Crippen molar-refractivity contribution in [3.8, 4) is 5.75 Å². The Morgan fingerprint density at radius 3 is 2.48 bits per heavy atom. The zero-order valence-corrected chi connectivity index (χ0v) is 25.2. The second-order valence-electron chi connectivity index (χ2n) is 9.58. The van der Waals surface area contributed by atoms with Gasteiger partial charge in [0.2, 0.25) is 10.0 Å². The van der Waals surface area contributed by atoms with Gasteiger partial charge in [0.1, 0.15) is 10.3 Å². The van der Waals surface area contributed by atoms with Crippen molar-refractivity contribution >= 4 is 54.6 Å². The number of thiophene rings is 1. The lowest BCUT2D eigenvalue weighted by atomic mass is 9.99. The highest BCUT2D eigenvalue weighted by Gasteiger charge is 2.36. The van der Waals surface area contributed by atoms with Crippen LogP contribution in [0.3, 0.4) is 0 Å². The first-order valence-corrected chi connectivity index (χ1v) is 16.5. The number of para-hydroxylation sites is 1. The first kappa shape index (κ1) is 30.3. The van der Waals surface area contributed by atoms with Crippen molar-refractivity contribution in [2.45, 2.75) is 35.1 Å². The summed E-state index contributed by atoms with van der Waals surface area (Å²) in [7, 11) is -6.49. The molecule has 2 heterocycles. The number of benzene rings is 2. The van der Waals surface area contributed by atoms with Crippen LogP contribution in [0, 0.1) is 5.92 Å². The molecule has 0 spiro atoms. The second kappa shape index (κ2) is 12.0. The molecule has 0 unspecified atom stereocenters. The third kappa shape index (κ3) is 6.29. The van der Waals surface area contributed by atoms with E-state index in [0.717, 1.165) is 15.6 Å². The van der Waals surface area contributed by atoms with Gasteiger partial charge in [-0.05, 0) is 54.8 Å². The minimum Gasteiger partial charge on any atom is -0.486 e. The highest BCUT2D eigenvalue weighted by molar-refractivity contribution is 7.94. The van der Waals surface area contributed by atoms with Gasteiger partial charge in [0, 0.05) is 24.5 Å². The van der Waals surface area contributed by atoms with E-state index in [1.54, 1.807) is 25.3 Å². The molecule has 0 bridgehead atoms. The quantitative estimate of drug-likeness (QED) is 0.369. The van der Waals surface area contributed by atoms with E-state index in [0.29, 0.717) is 5.02 Å². The van der Waals surface area contributed by atoms with Crippen molar-refractivity contribution in [1.82, 2.24) is 9.21 Å². The average Bonchev–Trinajstić information content (AvgIpc) is 3.47. The van der Waals surface area contributed by atoms with Gasteiger partial charge in [-0.3, -0.25) is 9.52 Å². The van der Waals surface area contributed by atoms with Crippen LogP contribution >= 0.6 is 22.9 Å². The van der Waals surface area contributed by atoms with Gasteiger partial charge in [-0.25, -0.2) is 16.8 Å². The smallest absolute Gasteiger partial charge is 0.271 e. The molecule has 40 heavy (non-hydrogen) atoms. The summed E-state index contributed by atoms with van der Waals surface area (Å²) in [6.45, 7) is 3.27. The molecule has 3 aromatic rings. The summed E-state index contributed by atoms with van der Waals surface area (Å²) in [5.74, 6) is -0.867. The number of fused-ring (bicyclic) bond motifs is 1. The monoisotopic (exact) mass is 627 g/mol. The Morgan fingerprint density at radius 2 is 1.85 bits per heavy atom. The van der Waals surface area contributed by atoms with E-state index >= 15 is 0 Å². The number of halogens is 1. The maximum Gasteiger partial charge on any atom is 0.271 e. The first-order valence-electron chi connectivity index (χ1n) is 12.3. The Hall–Kier alpha value is -2.68. The molecule has 1 aliphatic heterocycles. The van der Waals surface area contributed by atoms with Crippen LogP contribution in [0.5, 0.6) is 5.75 Å². The molecule has 2 N–H and O–H groups in total. The van der Waals surface area contributed by atoms with E-state index < -0.39 is 44.0 Å². The minimum atomic E-state index is -3.99. The van der Waals surface area contributed by atoms with E-state index in [-0.39, 0.29) is 45.8 Å². The predicted molar refractivity (Wildman–Crippen MR) is 154 cm³/mol. The van der Waals surface area contributed by atoms with Gasteiger partial charge in [-0.2, -0.15) is 4.31 Å². The number of nitrogens with zero attached hydrogens (tertiary/aromatic N) is 2. The van der Waals surface area contributed by atoms with Gasteiger partial charge >= 0.3 is 0 Å². The maximum atomic E-state index is 13.6. The third-order valence-electron chi connectivity index (χ3n) is 6.65. The number of hydrogen-bond acceptors (Lipinski definition) is 8. The molecule has 14 heteroatoms. The summed E-state index contributed by atoms with van der Waals surface area (Å²) in [6, 6.07) is 12.8. The fourth-order valence-corrected chi connectivity index (χ4v) is 7.66. The van der Waals surface area contributed by atoms with E-state index in [2.05, 4.69) is 4.72 Å². The van der Waals surface area contributed by atoms with Crippen molar-refractivity contribution in [3.05, 3.63) is 70.6 Å². The molecule has 4 rings (SSSR count). The number of rotatable bonds is 9. The summed E-state index contributed by atoms with van der Waals surface area (Å²) in [6.07, 6.45) is -0.792. The van der Waals surface area contributed by atoms with E-state index in [1.165, 1.54) is 60.5 Å². The number of amides is 1. The molecule has 0 saturated heterocycles. The molecule has 1 aromatic heterocycles. The van der Waals surface area contributed by atoms with E-state index in [4.69, 9.17) is 16.3 Å². The number of aliphatic hydroxyl groups excluding tert-OH is 1. The number of likely N-dealkylation sites (N-methyl/N-ethyl adjacent to an activating group) is 1. The van der Waals surface area contributed by atoms with Crippen molar-refractivity contribution in [1.29, 1.82) is 0 Å². The molecule has 0 fully saturated rings. The molecule has 1 amide bonds. The van der Waals surface area contributed by atoms with Crippen molar-refractivity contribution < 1.29 is 31.5 Å². The lowest BCUT2D eigenvalue weighted by Gasteiger charge is -2.38. The van der Waals surface area contributed by atoms with Gasteiger partial charge in [-0.1, -0.05) is 30.7 Å². The summed E-state index contributed by atoms with van der Waals surface area (Å²) in [4.78, 5) is 15.2. The second-order valence-corrected chi connectivity index (χ2v) is 14.9. The number of hydrogen-bond donors (Lipinski definition) is 2. The Bertz CT molecular complexity index is 1560. The molecule has 10 nitrogen and oxygen atoms in total. The van der Waals surface area contributed by atoms with Crippen LogP contribution in [0.4, 0.5) is 5.69 Å². The van der Waals surface area contributed by atoms with Crippen LogP contribution in [-0.4, -0.2) is 75.9 Å². The Labute approximate surface area is 243 Å². The fourth-order valence-electron chi connectivity index (χ4n) is 4.29. The SMILES string of the molecule is C[C@H](CO)N1C[C@H](C)[C@@H](CN(C)S(=O)(=O)c2ccc(Cl)cc2)Oc2c(NS(=O)(=O)c3cccs3)cccc2C1=O. The molecule has 1 aliphatic rings. The summed E-state index contributed by atoms with van der Waals surface area (Å²) in [5, 5.41) is 11.9. The zero-order chi connectivity index (χ0) is 29.2. The fraction of sp³-hybridized carbons (Fsp3) is 0.346. The van der Waals surface area contributed by atoms with Crippen LogP contribution < -0.4 is 9.46 Å². The average molecular weight is 628 g/mol. The molecule has 2 aromatic carbocycles. The summed E-state index contributed by atoms with van der Waals surface area (Å²) in [5.41, 5.74) is 0.130. The van der Waals surface area contributed by atoms with Crippen molar-refractivity contribution in [2.75, 3.05) is 31.5 Å². The van der Waals surface area contributed by atoms with Crippen LogP contribution in [0.1, 0.15) is 24.2 Å². The topological polar surface area (TPSA) is 133 Å². The van der Waals surface area contributed by atoms with Crippen LogP contribution in [0.25, 0.3) is 0 Å². The number of anilines is 1.